The Morgan fingerprint density at radius 1 is 1.32 bits per heavy atom. The van der Waals surface area contributed by atoms with Gasteiger partial charge in [0, 0.05) is 23.1 Å². The van der Waals surface area contributed by atoms with E-state index in [1.54, 1.807) is 0 Å². The molecule has 19 heavy (non-hydrogen) atoms. The van der Waals surface area contributed by atoms with Gasteiger partial charge in [-0.25, -0.2) is 0 Å². The normalized spacial score (nSPS) is 10.4. The molecule has 0 fully saturated rings. The van der Waals surface area contributed by atoms with E-state index in [0.29, 0.717) is 6.54 Å². The van der Waals surface area contributed by atoms with E-state index in [2.05, 4.69) is 15.0 Å². The predicted octanol–water partition coefficient (Wildman–Crippen LogP) is 1.66. The molecule has 0 atom stereocenters. The van der Waals surface area contributed by atoms with Crippen LogP contribution in [0.25, 0.3) is 10.9 Å². The molecule has 1 aromatic carbocycles. The Bertz CT molecular complexity index is 616. The molecule has 5 heteroatoms. The summed E-state index contributed by atoms with van der Waals surface area (Å²) in [4.78, 5) is 25.8. The average Bonchev–Trinajstić information content (AvgIpc) is 2.71. The summed E-state index contributed by atoms with van der Waals surface area (Å²) in [7, 11) is 1.26. The van der Waals surface area contributed by atoms with Crippen molar-refractivity contribution in [3.05, 3.63) is 35.5 Å². The first kappa shape index (κ1) is 13.1. The summed E-state index contributed by atoms with van der Waals surface area (Å²) in [6.45, 7) is 2.35. The topological polar surface area (TPSA) is 71.2 Å². The Morgan fingerprint density at radius 2 is 2.05 bits per heavy atom. The molecule has 2 rings (SSSR count). The fourth-order valence-electron chi connectivity index (χ4n) is 2.02. The molecular formula is C14H16N2O3. The highest BCUT2D eigenvalue weighted by Gasteiger charge is 2.12. The number of ether oxygens (including phenoxy) is 1. The first-order valence-corrected chi connectivity index (χ1v) is 6.01. The number of H-pyrrole nitrogens is 1. The van der Waals surface area contributed by atoms with Crippen LogP contribution in [0.15, 0.2) is 24.3 Å². The maximum absolute atomic E-state index is 11.5. The van der Waals surface area contributed by atoms with Gasteiger partial charge in [0.15, 0.2) is 0 Å². The van der Waals surface area contributed by atoms with E-state index in [-0.39, 0.29) is 12.3 Å². The molecule has 100 valence electrons. The van der Waals surface area contributed by atoms with Crippen LogP contribution < -0.4 is 5.32 Å². The van der Waals surface area contributed by atoms with Crippen molar-refractivity contribution in [2.24, 2.45) is 0 Å². The second kappa shape index (κ2) is 5.56. The largest absolute Gasteiger partial charge is 0.469 e. The third-order valence-electron chi connectivity index (χ3n) is 3.02. The van der Waals surface area contributed by atoms with Crippen molar-refractivity contribution >= 4 is 22.8 Å². The number of carbonyl (C=O) groups is 2. The van der Waals surface area contributed by atoms with Crippen LogP contribution in [-0.2, 0) is 20.9 Å². The molecule has 0 spiro atoms. The lowest BCUT2D eigenvalue weighted by molar-refractivity contribution is -0.143. The molecule has 5 nitrogen and oxygen atoms in total. The van der Waals surface area contributed by atoms with Gasteiger partial charge in [-0.1, -0.05) is 18.2 Å². The van der Waals surface area contributed by atoms with Crippen LogP contribution in [0.2, 0.25) is 0 Å². The van der Waals surface area contributed by atoms with E-state index in [9.17, 15) is 9.59 Å². The van der Waals surface area contributed by atoms with Crippen molar-refractivity contribution < 1.29 is 14.3 Å². The van der Waals surface area contributed by atoms with Crippen LogP contribution in [0.1, 0.15) is 17.7 Å². The number of carbonyl (C=O) groups excluding carboxylic acids is 2. The van der Waals surface area contributed by atoms with Gasteiger partial charge in [-0.15, -0.1) is 0 Å². The van der Waals surface area contributed by atoms with Gasteiger partial charge in [-0.3, -0.25) is 9.59 Å². The minimum Gasteiger partial charge on any atom is -0.469 e. The molecule has 0 unspecified atom stereocenters. The molecule has 0 bridgehead atoms. The van der Waals surface area contributed by atoms with Crippen molar-refractivity contribution in [1.29, 1.82) is 0 Å². The molecule has 0 radical (unpaired) electrons. The summed E-state index contributed by atoms with van der Waals surface area (Å²) in [6.07, 6.45) is -0.252. The number of hydrogen-bond donors (Lipinski definition) is 2. The lowest BCUT2D eigenvalue weighted by Crippen LogP contribution is -2.25. The van der Waals surface area contributed by atoms with Crippen molar-refractivity contribution in [1.82, 2.24) is 10.3 Å². The van der Waals surface area contributed by atoms with Crippen LogP contribution in [0.4, 0.5) is 0 Å². The Kier molecular flexibility index (Phi) is 3.85. The van der Waals surface area contributed by atoms with Crippen molar-refractivity contribution in [3.8, 4) is 0 Å². The van der Waals surface area contributed by atoms with Gasteiger partial charge < -0.3 is 15.0 Å². The fraction of sp³-hybridized carbons (Fsp3) is 0.286. The number of esters is 1. The summed E-state index contributed by atoms with van der Waals surface area (Å²) >= 11 is 0. The van der Waals surface area contributed by atoms with Crippen LogP contribution >= 0.6 is 0 Å². The van der Waals surface area contributed by atoms with Crippen molar-refractivity contribution in [2.75, 3.05) is 7.11 Å². The van der Waals surface area contributed by atoms with E-state index < -0.39 is 5.97 Å². The van der Waals surface area contributed by atoms with Gasteiger partial charge >= 0.3 is 5.97 Å². The van der Waals surface area contributed by atoms with Gasteiger partial charge in [-0.05, 0) is 18.6 Å². The van der Waals surface area contributed by atoms with Crippen LogP contribution in [-0.4, -0.2) is 24.0 Å². The molecule has 0 aliphatic rings. The number of fused-ring (bicyclic) bond motifs is 1. The van der Waals surface area contributed by atoms with Crippen molar-refractivity contribution in [2.45, 2.75) is 19.9 Å². The third kappa shape index (κ3) is 2.93. The molecule has 2 aromatic rings. The number of aromatic nitrogens is 1. The number of rotatable bonds is 4. The Hall–Kier alpha value is -2.30. The number of nitrogens with one attached hydrogen (secondary N) is 2. The molecule has 1 aromatic heterocycles. The third-order valence-corrected chi connectivity index (χ3v) is 3.02. The van der Waals surface area contributed by atoms with Crippen LogP contribution in [0.3, 0.4) is 0 Å². The summed E-state index contributed by atoms with van der Waals surface area (Å²) < 4.78 is 4.45. The maximum Gasteiger partial charge on any atom is 0.315 e. The van der Waals surface area contributed by atoms with Crippen molar-refractivity contribution in [3.63, 3.8) is 0 Å². The summed E-state index contributed by atoms with van der Waals surface area (Å²) in [5, 5.41) is 3.81. The number of para-hydroxylation sites is 1. The highest BCUT2D eigenvalue weighted by Crippen LogP contribution is 2.21. The van der Waals surface area contributed by atoms with E-state index in [1.165, 1.54) is 7.11 Å². The maximum atomic E-state index is 11.5. The van der Waals surface area contributed by atoms with E-state index in [1.807, 2.05) is 31.2 Å². The standard InChI is InChI=1S/C14H16N2O3/c1-9-11(8-15-13(17)7-14(18)19-2)10-5-3-4-6-12(10)16-9/h3-6,16H,7-8H2,1-2H3,(H,15,17). The average molecular weight is 260 g/mol. The second-order valence-electron chi connectivity index (χ2n) is 4.30. The molecule has 0 aliphatic heterocycles. The zero-order chi connectivity index (χ0) is 13.8. The number of aryl methyl sites for hydroxylation is 1. The fourth-order valence-corrected chi connectivity index (χ4v) is 2.02. The molecule has 1 amide bonds. The van der Waals surface area contributed by atoms with Gasteiger partial charge in [0.2, 0.25) is 5.91 Å². The number of aromatic amines is 1. The summed E-state index contributed by atoms with van der Waals surface area (Å²) in [5.41, 5.74) is 3.09. The van der Waals surface area contributed by atoms with E-state index in [4.69, 9.17) is 0 Å². The molecule has 2 N–H and O–H groups in total. The minimum absolute atomic E-state index is 0.252. The number of hydrogen-bond acceptors (Lipinski definition) is 3. The van der Waals surface area contributed by atoms with E-state index >= 15 is 0 Å². The minimum atomic E-state index is -0.534. The Morgan fingerprint density at radius 3 is 2.79 bits per heavy atom. The van der Waals surface area contributed by atoms with Gasteiger partial charge in [0.25, 0.3) is 0 Å². The smallest absolute Gasteiger partial charge is 0.315 e. The Labute approximate surface area is 110 Å². The SMILES string of the molecule is COC(=O)CC(=O)NCc1c(C)[nH]c2ccccc12. The number of benzene rings is 1. The molecular weight excluding hydrogens is 244 g/mol. The highest BCUT2D eigenvalue weighted by atomic mass is 16.5. The number of amides is 1. The van der Waals surface area contributed by atoms with Crippen LogP contribution in [0.5, 0.6) is 0 Å². The lowest BCUT2D eigenvalue weighted by Gasteiger charge is -2.05. The Balaban J connectivity index is 2.07. The first-order chi connectivity index (χ1) is 9.11. The zero-order valence-electron chi connectivity index (χ0n) is 10.9. The zero-order valence-corrected chi connectivity index (χ0v) is 10.9. The lowest BCUT2D eigenvalue weighted by atomic mass is 10.1. The molecule has 1 heterocycles. The summed E-state index contributed by atoms with van der Waals surface area (Å²) in [5.74, 6) is -0.871. The quantitative estimate of drug-likeness (QED) is 0.648. The molecule has 0 saturated carbocycles. The number of methoxy groups -OCH3 is 1. The van der Waals surface area contributed by atoms with Crippen LogP contribution in [0, 0.1) is 6.92 Å². The predicted molar refractivity (Wildman–Crippen MR) is 71.5 cm³/mol. The van der Waals surface area contributed by atoms with E-state index in [0.717, 1.165) is 22.2 Å². The molecule has 0 aliphatic carbocycles. The second-order valence-corrected chi connectivity index (χ2v) is 4.30. The van der Waals surface area contributed by atoms with Gasteiger partial charge in [-0.2, -0.15) is 0 Å². The highest BCUT2D eigenvalue weighted by molar-refractivity contribution is 5.94. The molecule has 0 saturated heterocycles. The first-order valence-electron chi connectivity index (χ1n) is 6.01. The monoisotopic (exact) mass is 260 g/mol. The van der Waals surface area contributed by atoms with Gasteiger partial charge in [0.05, 0.1) is 7.11 Å². The summed E-state index contributed by atoms with van der Waals surface area (Å²) in [6, 6.07) is 7.90. The van der Waals surface area contributed by atoms with Gasteiger partial charge in [0.1, 0.15) is 6.42 Å².